The van der Waals surface area contributed by atoms with Gasteiger partial charge in [-0.2, -0.15) is 0 Å². The van der Waals surface area contributed by atoms with E-state index in [2.05, 4.69) is 133 Å². The highest BCUT2D eigenvalue weighted by atomic mass is 15.0. The predicted molar refractivity (Wildman–Crippen MR) is 203 cm³/mol. The van der Waals surface area contributed by atoms with Gasteiger partial charge < -0.3 is 9.13 Å². The molecule has 48 heavy (non-hydrogen) atoms. The van der Waals surface area contributed by atoms with Gasteiger partial charge in [-0.1, -0.05) is 59.7 Å². The van der Waals surface area contributed by atoms with Crippen LogP contribution in [0.2, 0.25) is 0 Å². The lowest BCUT2D eigenvalue weighted by Crippen LogP contribution is -2.01. The van der Waals surface area contributed by atoms with Crippen molar-refractivity contribution in [1.82, 2.24) is 19.1 Å². The molecule has 4 nitrogen and oxygen atoms in total. The van der Waals surface area contributed by atoms with Crippen LogP contribution < -0.4 is 0 Å². The van der Waals surface area contributed by atoms with Crippen molar-refractivity contribution in [1.29, 1.82) is 0 Å². The van der Waals surface area contributed by atoms with Crippen molar-refractivity contribution in [3.05, 3.63) is 131 Å². The molecule has 0 atom stereocenters. The number of aromatic nitrogens is 4. The third-order valence-electron chi connectivity index (χ3n) is 10.7. The van der Waals surface area contributed by atoms with Crippen molar-refractivity contribution in [3.63, 3.8) is 0 Å². The third kappa shape index (κ3) is 3.44. The second-order valence-electron chi connectivity index (χ2n) is 13.9. The van der Waals surface area contributed by atoms with Crippen LogP contribution in [0.3, 0.4) is 0 Å². The Kier molecular flexibility index (Phi) is 5.37. The quantitative estimate of drug-likeness (QED) is 0.181. The molecule has 0 amide bonds. The summed E-state index contributed by atoms with van der Waals surface area (Å²) in [5.41, 5.74) is 15.0. The number of rotatable bonds is 2. The van der Waals surface area contributed by atoms with Crippen LogP contribution in [0.4, 0.5) is 0 Å². The van der Waals surface area contributed by atoms with Gasteiger partial charge in [0.1, 0.15) is 0 Å². The molecule has 0 unspecified atom stereocenters. The number of hydrogen-bond acceptors (Lipinski definition) is 2. The van der Waals surface area contributed by atoms with Crippen molar-refractivity contribution in [3.8, 4) is 11.4 Å². The van der Waals surface area contributed by atoms with E-state index in [0.29, 0.717) is 0 Å². The van der Waals surface area contributed by atoms with E-state index in [1.165, 1.54) is 121 Å². The van der Waals surface area contributed by atoms with Gasteiger partial charge in [0.15, 0.2) is 0 Å². The Morgan fingerprint density at radius 2 is 0.792 bits per heavy atom. The van der Waals surface area contributed by atoms with Gasteiger partial charge in [0.2, 0.25) is 0 Å². The Balaban J connectivity index is 1.39. The summed E-state index contributed by atoms with van der Waals surface area (Å²) in [6.45, 7) is 13.3. The highest BCUT2D eigenvalue weighted by Gasteiger charge is 2.23. The molecule has 0 fully saturated rings. The average molecular weight is 619 g/mol. The van der Waals surface area contributed by atoms with Crippen LogP contribution in [-0.4, -0.2) is 19.1 Å². The predicted octanol–water partition coefficient (Wildman–Crippen LogP) is 11.4. The minimum Gasteiger partial charge on any atom is -0.309 e. The maximum absolute atomic E-state index is 4.64. The van der Waals surface area contributed by atoms with Gasteiger partial charge in [0.05, 0.1) is 33.4 Å². The van der Waals surface area contributed by atoms with Gasteiger partial charge >= 0.3 is 0 Å². The highest BCUT2D eigenvalue weighted by molar-refractivity contribution is 6.37. The standard InChI is InChI=1S/C44H34N4/c1-23-15-25(3)43(26(4)16-23)47-35-11-13-45-21-33(35)41-31-9-8-30-20-38-42(32-10-7-29(19-37(41)47)39(31)40(30)32)34-22-46-14-12-36(34)48(38)44-27(5)17-24(2)18-28(44)6/h7-22H,1-6H3. The number of aryl methyl sites for hydroxylation is 6. The molecule has 0 N–H and O–H groups in total. The first-order valence-electron chi connectivity index (χ1n) is 16.7. The fourth-order valence-corrected chi connectivity index (χ4v) is 9.18. The van der Waals surface area contributed by atoms with Gasteiger partial charge in [0, 0.05) is 46.3 Å². The monoisotopic (exact) mass is 618 g/mol. The van der Waals surface area contributed by atoms with Crippen LogP contribution in [0.1, 0.15) is 33.4 Å². The Morgan fingerprint density at radius 3 is 1.19 bits per heavy atom. The van der Waals surface area contributed by atoms with E-state index < -0.39 is 0 Å². The molecule has 4 aromatic heterocycles. The zero-order chi connectivity index (χ0) is 32.6. The number of pyridine rings is 2. The van der Waals surface area contributed by atoms with Crippen molar-refractivity contribution in [2.24, 2.45) is 0 Å². The third-order valence-corrected chi connectivity index (χ3v) is 10.7. The number of fused-ring (bicyclic) bond motifs is 8. The molecule has 0 bridgehead atoms. The van der Waals surface area contributed by atoms with E-state index in [-0.39, 0.29) is 0 Å². The molecule has 0 spiro atoms. The molecule has 4 heteroatoms. The number of hydrogen-bond donors (Lipinski definition) is 0. The molecule has 230 valence electrons. The largest absolute Gasteiger partial charge is 0.309 e. The Morgan fingerprint density at radius 1 is 0.396 bits per heavy atom. The van der Waals surface area contributed by atoms with E-state index in [1.54, 1.807) is 0 Å². The first kappa shape index (κ1) is 27.4. The Hall–Kier alpha value is -5.74. The Bertz CT molecular complexity index is 2760. The van der Waals surface area contributed by atoms with E-state index in [1.807, 2.05) is 24.8 Å². The van der Waals surface area contributed by atoms with Gasteiger partial charge in [-0.25, -0.2) is 0 Å². The summed E-state index contributed by atoms with van der Waals surface area (Å²) in [5, 5.41) is 12.5. The van der Waals surface area contributed by atoms with Crippen LogP contribution in [0.25, 0.3) is 87.3 Å². The van der Waals surface area contributed by atoms with Crippen LogP contribution in [0, 0.1) is 41.5 Å². The van der Waals surface area contributed by atoms with Crippen LogP contribution in [0.5, 0.6) is 0 Å². The number of benzene rings is 6. The normalized spacial score (nSPS) is 12.4. The first-order chi connectivity index (χ1) is 23.3. The Labute approximate surface area is 278 Å². The summed E-state index contributed by atoms with van der Waals surface area (Å²) < 4.78 is 4.93. The van der Waals surface area contributed by atoms with Gasteiger partial charge in [-0.15, -0.1) is 0 Å². The first-order valence-corrected chi connectivity index (χ1v) is 16.7. The summed E-state index contributed by atoms with van der Waals surface area (Å²) in [6, 6.07) is 27.7. The van der Waals surface area contributed by atoms with Crippen molar-refractivity contribution >= 4 is 75.9 Å². The smallest absolute Gasteiger partial charge is 0.0572 e. The molecule has 6 aromatic carbocycles. The minimum absolute atomic E-state index is 1.18. The summed E-state index contributed by atoms with van der Waals surface area (Å²) >= 11 is 0. The lowest BCUT2D eigenvalue weighted by molar-refractivity contribution is 1.11. The molecule has 0 radical (unpaired) electrons. The van der Waals surface area contributed by atoms with Gasteiger partial charge in [-0.3, -0.25) is 9.97 Å². The van der Waals surface area contributed by atoms with Crippen molar-refractivity contribution in [2.75, 3.05) is 0 Å². The zero-order valence-electron chi connectivity index (χ0n) is 28.0. The van der Waals surface area contributed by atoms with Crippen molar-refractivity contribution in [2.45, 2.75) is 41.5 Å². The fourth-order valence-electron chi connectivity index (χ4n) is 9.18. The molecular weight excluding hydrogens is 585 g/mol. The zero-order valence-corrected chi connectivity index (χ0v) is 28.0. The highest BCUT2D eigenvalue weighted by Crippen LogP contribution is 2.47. The molecule has 0 saturated heterocycles. The topological polar surface area (TPSA) is 35.6 Å². The van der Waals surface area contributed by atoms with E-state index in [9.17, 15) is 0 Å². The maximum atomic E-state index is 4.64. The van der Waals surface area contributed by atoms with E-state index in [0.717, 1.165) is 0 Å². The van der Waals surface area contributed by atoms with E-state index in [4.69, 9.17) is 0 Å². The second-order valence-corrected chi connectivity index (χ2v) is 13.9. The summed E-state index contributed by atoms with van der Waals surface area (Å²) in [6.07, 6.45) is 7.94. The maximum Gasteiger partial charge on any atom is 0.0572 e. The average Bonchev–Trinajstić information content (AvgIpc) is 3.55. The minimum atomic E-state index is 1.18. The molecule has 0 aliphatic heterocycles. The molecule has 4 heterocycles. The summed E-state index contributed by atoms with van der Waals surface area (Å²) in [7, 11) is 0. The second kappa shape index (κ2) is 9.42. The van der Waals surface area contributed by atoms with Crippen LogP contribution >= 0.6 is 0 Å². The molecule has 10 rings (SSSR count). The SMILES string of the molecule is Cc1cc(C)c(-n2c3ccncc3c3c4ccc5cc6c(c7ccc(cc32)c4c57)c2cnccc2n6-c2c(C)cc(C)cc2C)c(C)c1. The fraction of sp³-hybridized carbons (Fsp3) is 0.136. The van der Waals surface area contributed by atoms with Crippen LogP contribution in [-0.2, 0) is 0 Å². The molecule has 0 saturated carbocycles. The molecular formula is C44H34N4. The van der Waals surface area contributed by atoms with Gasteiger partial charge in [0.25, 0.3) is 0 Å². The lowest BCUT2D eigenvalue weighted by Gasteiger charge is -2.18. The van der Waals surface area contributed by atoms with Gasteiger partial charge in [-0.05, 0) is 120 Å². The lowest BCUT2D eigenvalue weighted by atomic mass is 9.90. The molecule has 10 aromatic rings. The van der Waals surface area contributed by atoms with E-state index >= 15 is 0 Å². The van der Waals surface area contributed by atoms with Crippen molar-refractivity contribution < 1.29 is 0 Å². The van der Waals surface area contributed by atoms with Crippen LogP contribution in [0.15, 0.2) is 97.6 Å². The molecule has 0 aliphatic carbocycles. The summed E-state index contributed by atoms with van der Waals surface area (Å²) in [4.78, 5) is 9.28. The summed E-state index contributed by atoms with van der Waals surface area (Å²) in [5.74, 6) is 0. The molecule has 0 aliphatic rings. The number of nitrogens with zero attached hydrogens (tertiary/aromatic N) is 4.